The third-order valence-electron chi connectivity index (χ3n) is 15.4. The van der Waals surface area contributed by atoms with Gasteiger partial charge in [-0.2, -0.15) is 0 Å². The van der Waals surface area contributed by atoms with Gasteiger partial charge in [-0.05, 0) is 77.0 Å². The van der Waals surface area contributed by atoms with Crippen LogP contribution in [-0.4, -0.2) is 37.2 Å². The number of rotatable bonds is 63. The zero-order chi connectivity index (χ0) is 55.0. The maximum Gasteiger partial charge on any atom is 0.306 e. The molecule has 0 aromatic heterocycles. The van der Waals surface area contributed by atoms with Crippen LogP contribution in [0.5, 0.6) is 0 Å². The predicted molar refractivity (Wildman–Crippen MR) is 330 cm³/mol. The van der Waals surface area contributed by atoms with E-state index in [0.717, 1.165) is 70.6 Å². The normalized spacial score (nSPS) is 12.2. The Balaban J connectivity index is 3.96. The van der Waals surface area contributed by atoms with E-state index in [4.69, 9.17) is 14.2 Å². The Hall–Kier alpha value is -2.37. The summed E-state index contributed by atoms with van der Waals surface area (Å²) < 4.78 is 16.9. The molecule has 0 bridgehead atoms. The molecule has 0 aliphatic rings. The van der Waals surface area contributed by atoms with E-state index in [9.17, 15) is 14.4 Å². The van der Waals surface area contributed by atoms with Gasteiger partial charge in [0.1, 0.15) is 13.2 Å². The van der Waals surface area contributed by atoms with Gasteiger partial charge in [0.2, 0.25) is 0 Å². The molecule has 0 amide bonds. The third kappa shape index (κ3) is 62.5. The van der Waals surface area contributed by atoms with E-state index >= 15 is 0 Å². The second kappa shape index (κ2) is 65.2. The zero-order valence-electron chi connectivity index (χ0n) is 51.3. The van der Waals surface area contributed by atoms with Gasteiger partial charge in [-0.1, -0.05) is 314 Å². The average molecular weight is 1070 g/mol. The van der Waals surface area contributed by atoms with Crippen LogP contribution in [0.15, 0.2) is 36.5 Å². The van der Waals surface area contributed by atoms with Gasteiger partial charge in [-0.3, -0.25) is 14.4 Å². The Morgan fingerprint density at radius 2 is 0.474 bits per heavy atom. The summed E-state index contributed by atoms with van der Waals surface area (Å²) in [6, 6.07) is 0. The number of ether oxygens (including phenoxy) is 3. The molecular weight excluding hydrogens is 937 g/mol. The minimum absolute atomic E-state index is 0.0696. The summed E-state index contributed by atoms with van der Waals surface area (Å²) in [6.07, 6.45) is 80.5. The van der Waals surface area contributed by atoms with Crippen molar-refractivity contribution in [3.8, 4) is 0 Å². The van der Waals surface area contributed by atoms with Crippen molar-refractivity contribution in [3.63, 3.8) is 0 Å². The van der Waals surface area contributed by atoms with E-state index in [2.05, 4.69) is 57.2 Å². The van der Waals surface area contributed by atoms with Crippen molar-refractivity contribution >= 4 is 17.9 Å². The summed E-state index contributed by atoms with van der Waals surface area (Å²) in [4.78, 5) is 38.1. The molecule has 0 aromatic carbocycles. The maximum atomic E-state index is 12.8. The van der Waals surface area contributed by atoms with Gasteiger partial charge in [0.15, 0.2) is 6.10 Å². The molecule has 0 spiro atoms. The highest BCUT2D eigenvalue weighted by Gasteiger charge is 2.19. The summed E-state index contributed by atoms with van der Waals surface area (Å²) in [5, 5.41) is 0. The van der Waals surface area contributed by atoms with E-state index in [-0.39, 0.29) is 31.1 Å². The first-order chi connectivity index (χ1) is 37.5. The van der Waals surface area contributed by atoms with Gasteiger partial charge in [0, 0.05) is 19.3 Å². The van der Waals surface area contributed by atoms with Gasteiger partial charge in [0.05, 0.1) is 0 Å². The predicted octanol–water partition coefficient (Wildman–Crippen LogP) is 23.2. The van der Waals surface area contributed by atoms with Crippen LogP contribution in [0.3, 0.4) is 0 Å². The number of unbranched alkanes of at least 4 members (excludes halogenated alkanes) is 46. The van der Waals surface area contributed by atoms with Crippen LogP contribution < -0.4 is 0 Å². The van der Waals surface area contributed by atoms with Crippen molar-refractivity contribution in [1.82, 2.24) is 0 Å². The number of hydrogen-bond acceptors (Lipinski definition) is 6. The number of esters is 3. The molecule has 0 aliphatic carbocycles. The molecule has 0 rings (SSSR count). The lowest BCUT2D eigenvalue weighted by atomic mass is 10.0. The Morgan fingerprint density at radius 3 is 0.763 bits per heavy atom. The Kier molecular flexibility index (Phi) is 63.1. The van der Waals surface area contributed by atoms with Crippen LogP contribution in [0.2, 0.25) is 0 Å². The molecule has 0 radical (unpaired) electrons. The fourth-order valence-corrected chi connectivity index (χ4v) is 10.2. The highest BCUT2D eigenvalue weighted by molar-refractivity contribution is 5.71. The molecule has 76 heavy (non-hydrogen) atoms. The molecular formula is C70H130O6. The SMILES string of the molecule is CCCCC/C=C\CCCCCCCC(=O)OC(COC(=O)CCCCCCCCCCCCC)COC(=O)CCCCCCCCCCCCCCCCCCCCCCCCC/C=C\C/C=C\CCCCCCC. The molecule has 0 saturated heterocycles. The van der Waals surface area contributed by atoms with Gasteiger partial charge in [-0.25, -0.2) is 0 Å². The summed E-state index contributed by atoms with van der Waals surface area (Å²) in [5.41, 5.74) is 0. The summed E-state index contributed by atoms with van der Waals surface area (Å²) >= 11 is 0. The molecule has 0 heterocycles. The quantitative estimate of drug-likeness (QED) is 0.0261. The molecule has 0 aliphatic heterocycles. The Labute approximate surface area is 474 Å². The van der Waals surface area contributed by atoms with Crippen LogP contribution >= 0.6 is 0 Å². The summed E-state index contributed by atoms with van der Waals surface area (Å²) in [5.74, 6) is -0.857. The number of allylic oxidation sites excluding steroid dienone is 6. The van der Waals surface area contributed by atoms with Crippen molar-refractivity contribution in [1.29, 1.82) is 0 Å². The first kappa shape index (κ1) is 73.6. The largest absolute Gasteiger partial charge is 0.462 e. The van der Waals surface area contributed by atoms with Crippen LogP contribution in [0.25, 0.3) is 0 Å². The van der Waals surface area contributed by atoms with Crippen molar-refractivity contribution in [2.75, 3.05) is 13.2 Å². The fourth-order valence-electron chi connectivity index (χ4n) is 10.2. The molecule has 0 aromatic rings. The van der Waals surface area contributed by atoms with Gasteiger partial charge in [-0.15, -0.1) is 0 Å². The van der Waals surface area contributed by atoms with Crippen molar-refractivity contribution in [2.24, 2.45) is 0 Å². The van der Waals surface area contributed by atoms with Crippen LogP contribution in [0, 0.1) is 0 Å². The zero-order valence-corrected chi connectivity index (χ0v) is 51.3. The lowest BCUT2D eigenvalue weighted by molar-refractivity contribution is -0.167. The highest BCUT2D eigenvalue weighted by Crippen LogP contribution is 2.18. The van der Waals surface area contributed by atoms with Crippen LogP contribution in [0.4, 0.5) is 0 Å². The lowest BCUT2D eigenvalue weighted by Crippen LogP contribution is -2.30. The standard InChI is InChI=1S/C70H130O6/c1-4-7-10-13-16-19-22-24-25-26-27-28-29-30-31-32-33-34-35-36-37-38-39-40-41-42-43-44-45-46-49-51-54-57-60-63-69(72)75-66-67(65-74-68(71)62-59-56-53-50-47-21-18-15-12-9-6-3)76-70(73)64-61-58-55-52-48-23-20-17-14-11-8-5-2/h17,20,22,24,26-27,67H,4-16,18-19,21,23,25,28-66H2,1-3H3/b20-17-,24-22-,27-26-. The topological polar surface area (TPSA) is 78.9 Å². The molecule has 6 nitrogen and oxygen atoms in total. The second-order valence-electron chi connectivity index (χ2n) is 23.1. The van der Waals surface area contributed by atoms with E-state index in [1.54, 1.807) is 0 Å². The smallest absolute Gasteiger partial charge is 0.306 e. The van der Waals surface area contributed by atoms with Crippen molar-refractivity contribution in [2.45, 2.75) is 380 Å². The highest BCUT2D eigenvalue weighted by atomic mass is 16.6. The summed E-state index contributed by atoms with van der Waals surface area (Å²) in [6.45, 7) is 6.64. The molecule has 1 atom stereocenters. The fraction of sp³-hybridized carbons (Fsp3) is 0.871. The lowest BCUT2D eigenvalue weighted by Gasteiger charge is -2.18. The molecule has 446 valence electrons. The summed E-state index contributed by atoms with van der Waals surface area (Å²) in [7, 11) is 0. The minimum Gasteiger partial charge on any atom is -0.462 e. The molecule has 0 saturated carbocycles. The second-order valence-corrected chi connectivity index (χ2v) is 23.1. The molecule has 0 N–H and O–H groups in total. The van der Waals surface area contributed by atoms with E-state index in [1.807, 2.05) is 0 Å². The Bertz CT molecular complexity index is 1270. The number of carbonyl (C=O) groups excluding carboxylic acids is 3. The van der Waals surface area contributed by atoms with Crippen LogP contribution in [-0.2, 0) is 28.6 Å². The maximum absolute atomic E-state index is 12.8. The molecule has 6 heteroatoms. The minimum atomic E-state index is -0.771. The molecule has 1 unspecified atom stereocenters. The van der Waals surface area contributed by atoms with Gasteiger partial charge < -0.3 is 14.2 Å². The van der Waals surface area contributed by atoms with Crippen molar-refractivity contribution in [3.05, 3.63) is 36.5 Å². The third-order valence-corrected chi connectivity index (χ3v) is 15.4. The Morgan fingerprint density at radius 1 is 0.263 bits per heavy atom. The van der Waals surface area contributed by atoms with E-state index in [0.29, 0.717) is 19.3 Å². The molecule has 0 fully saturated rings. The number of hydrogen-bond donors (Lipinski definition) is 0. The first-order valence-electron chi connectivity index (χ1n) is 34.0. The number of carbonyl (C=O) groups is 3. The monoisotopic (exact) mass is 1070 g/mol. The van der Waals surface area contributed by atoms with Crippen molar-refractivity contribution < 1.29 is 28.6 Å². The van der Waals surface area contributed by atoms with Gasteiger partial charge in [0.25, 0.3) is 0 Å². The van der Waals surface area contributed by atoms with Crippen LogP contribution in [0.1, 0.15) is 374 Å². The first-order valence-corrected chi connectivity index (χ1v) is 34.0. The van der Waals surface area contributed by atoms with E-state index in [1.165, 1.54) is 263 Å². The van der Waals surface area contributed by atoms with Gasteiger partial charge >= 0.3 is 17.9 Å². The van der Waals surface area contributed by atoms with E-state index < -0.39 is 6.10 Å². The average Bonchev–Trinajstić information content (AvgIpc) is 3.42.